The predicted octanol–water partition coefficient (Wildman–Crippen LogP) is -2.21. The molecule has 2 aliphatic rings. The average Bonchev–Trinajstić information content (AvgIpc) is 3.90. The second kappa shape index (κ2) is 23.8. The molecular formula is C37H59N17O6. The van der Waals surface area contributed by atoms with Crippen molar-refractivity contribution < 1.29 is 28.9 Å². The van der Waals surface area contributed by atoms with Crippen molar-refractivity contribution in [3.05, 3.63) is 23.8 Å². The van der Waals surface area contributed by atoms with E-state index in [0.717, 1.165) is 5.69 Å². The molecule has 2 amide bonds. The highest BCUT2D eigenvalue weighted by atomic mass is 16.5. The van der Waals surface area contributed by atoms with Crippen LogP contribution in [0.4, 0.5) is 17.8 Å². The smallest absolute Gasteiger partial charge is 0.247 e. The van der Waals surface area contributed by atoms with Crippen LogP contribution >= 0.6 is 0 Å². The number of hydrogen-bond acceptors (Lipinski definition) is 17. The van der Waals surface area contributed by atoms with Crippen molar-refractivity contribution in [3.8, 4) is 12.3 Å². The molecule has 0 aromatic carbocycles. The summed E-state index contributed by atoms with van der Waals surface area (Å²) in [6.07, 6.45) is 10.4. The van der Waals surface area contributed by atoms with Crippen LogP contribution in [0.5, 0.6) is 0 Å². The Bertz CT molecular complexity index is 1840. The number of terminal acetylenes is 1. The molecule has 2 fully saturated rings. The first-order valence-corrected chi connectivity index (χ1v) is 20.3. The number of aliphatic hydroxyl groups excluding tert-OH is 1. The van der Waals surface area contributed by atoms with E-state index in [-0.39, 0.29) is 43.5 Å². The molecule has 6 N–H and O–H groups in total. The summed E-state index contributed by atoms with van der Waals surface area (Å²) in [6.45, 7) is 11.2. The number of aryl methyl sites for hydroxylation is 1. The lowest BCUT2D eigenvalue weighted by Crippen LogP contribution is -2.52. The van der Waals surface area contributed by atoms with Gasteiger partial charge in [0.15, 0.2) is 5.96 Å². The second-order valence-electron chi connectivity index (χ2n) is 14.5. The number of aliphatic hydroxyl groups is 1. The van der Waals surface area contributed by atoms with Crippen LogP contribution in [-0.2, 0) is 43.2 Å². The molecule has 5 heterocycles. The monoisotopic (exact) mass is 837 g/mol. The third-order valence-electron chi connectivity index (χ3n) is 9.72. The third-order valence-corrected chi connectivity index (χ3v) is 9.72. The number of rotatable bonds is 24. The van der Waals surface area contributed by atoms with Gasteiger partial charge in [-0.25, -0.2) is 9.36 Å². The van der Waals surface area contributed by atoms with E-state index >= 15 is 0 Å². The van der Waals surface area contributed by atoms with E-state index in [1.54, 1.807) is 26.7 Å². The molecule has 0 radical (unpaired) electrons. The number of carbonyl (C=O) groups is 2. The SMILES string of the molecule is C#CCOCCOCCOCCNc1nc(N2CCN(C(=O)Cn3cc(CCCN=C(N)N)nn3)CC2)nc(N2CCN(C(=O)[C@H](C(C)C)n3cc(CCO)nn3)CC2)n1. The Hall–Kier alpha value is -5.70. The summed E-state index contributed by atoms with van der Waals surface area (Å²) in [4.78, 5) is 53.2. The van der Waals surface area contributed by atoms with Crippen LogP contribution in [0.1, 0.15) is 37.7 Å². The molecule has 60 heavy (non-hydrogen) atoms. The number of hydrogen-bond donors (Lipinski definition) is 4. The van der Waals surface area contributed by atoms with E-state index in [4.69, 9.17) is 47.1 Å². The number of ether oxygens (including phenoxy) is 3. The van der Waals surface area contributed by atoms with E-state index in [1.165, 1.54) is 0 Å². The number of aromatic nitrogens is 9. The fourth-order valence-corrected chi connectivity index (χ4v) is 6.61. The Morgan fingerprint density at radius 1 is 0.850 bits per heavy atom. The van der Waals surface area contributed by atoms with Crippen molar-refractivity contribution in [1.29, 1.82) is 0 Å². The Morgan fingerprint density at radius 3 is 2.10 bits per heavy atom. The quantitative estimate of drug-likeness (QED) is 0.0322. The van der Waals surface area contributed by atoms with Gasteiger partial charge in [-0.3, -0.25) is 14.6 Å². The summed E-state index contributed by atoms with van der Waals surface area (Å²) in [6, 6.07) is -0.523. The molecule has 0 bridgehead atoms. The maximum Gasteiger partial charge on any atom is 0.247 e. The van der Waals surface area contributed by atoms with Gasteiger partial charge in [-0.15, -0.1) is 16.6 Å². The van der Waals surface area contributed by atoms with Crippen LogP contribution in [0.2, 0.25) is 0 Å². The number of carbonyl (C=O) groups excluding carboxylic acids is 2. The minimum atomic E-state index is -0.523. The Balaban J connectivity index is 1.18. The Labute approximate surface area is 349 Å². The maximum absolute atomic E-state index is 13.8. The van der Waals surface area contributed by atoms with Crippen molar-refractivity contribution in [1.82, 2.24) is 54.7 Å². The molecule has 5 rings (SSSR count). The summed E-state index contributed by atoms with van der Waals surface area (Å²) in [5.74, 6) is 3.70. The minimum absolute atomic E-state index is 0.0286. The van der Waals surface area contributed by atoms with E-state index in [9.17, 15) is 14.7 Å². The van der Waals surface area contributed by atoms with E-state index in [2.05, 4.69) is 36.9 Å². The fraction of sp³-hybridized carbons (Fsp3) is 0.676. The summed E-state index contributed by atoms with van der Waals surface area (Å²) < 4.78 is 19.6. The molecule has 0 aliphatic carbocycles. The van der Waals surface area contributed by atoms with Crippen molar-refractivity contribution in [3.63, 3.8) is 0 Å². The summed E-state index contributed by atoms with van der Waals surface area (Å²) in [7, 11) is 0. The largest absolute Gasteiger partial charge is 0.396 e. The number of amides is 2. The van der Waals surface area contributed by atoms with Crippen LogP contribution < -0.4 is 26.6 Å². The Kier molecular flexibility index (Phi) is 18.0. The molecule has 2 saturated heterocycles. The fourth-order valence-electron chi connectivity index (χ4n) is 6.61. The van der Waals surface area contributed by atoms with Gasteiger partial charge >= 0.3 is 0 Å². The average molecular weight is 838 g/mol. The highest BCUT2D eigenvalue weighted by Gasteiger charge is 2.33. The topological polar surface area (TPSA) is 272 Å². The standard InChI is InChI=1S/C37H59N17O6/c1-4-19-58-21-23-60-24-22-59-20-9-41-35-42-36(51-14-10-49(11-15-51)31(56)27-53-25-29(45-47-53)6-5-8-40-34(38)39)44-37(43-35)52-16-12-50(13-17-52)33(57)32(28(2)3)54-26-30(7-18-55)46-48-54/h1,25-26,28,32,55H,5-24,27H2,2-3H3,(H4,38,39,40)(H,41,42,43,44)/t32-/m0/s1. The molecule has 0 saturated carbocycles. The lowest BCUT2D eigenvalue weighted by Gasteiger charge is -2.38. The lowest BCUT2D eigenvalue weighted by atomic mass is 10.0. The van der Waals surface area contributed by atoms with Crippen molar-refractivity contribution in [2.75, 3.05) is 127 Å². The first-order valence-electron chi connectivity index (χ1n) is 20.3. The number of nitrogens with two attached hydrogens (primary N) is 2. The van der Waals surface area contributed by atoms with Gasteiger partial charge in [-0.1, -0.05) is 30.2 Å². The second-order valence-corrected chi connectivity index (χ2v) is 14.5. The molecular weight excluding hydrogens is 779 g/mol. The van der Waals surface area contributed by atoms with Crippen LogP contribution in [-0.4, -0.2) is 189 Å². The van der Waals surface area contributed by atoms with Crippen LogP contribution in [0, 0.1) is 18.3 Å². The van der Waals surface area contributed by atoms with Gasteiger partial charge in [0.25, 0.3) is 0 Å². The van der Waals surface area contributed by atoms with Gasteiger partial charge in [0, 0.05) is 90.9 Å². The predicted molar refractivity (Wildman–Crippen MR) is 221 cm³/mol. The number of nitrogens with zero attached hydrogens (tertiary/aromatic N) is 14. The number of guanidine groups is 1. The van der Waals surface area contributed by atoms with Crippen molar-refractivity contribution in [2.45, 2.75) is 45.7 Å². The van der Waals surface area contributed by atoms with Crippen LogP contribution in [0.15, 0.2) is 17.4 Å². The first kappa shape index (κ1) is 45.4. The first-order chi connectivity index (χ1) is 29.1. The van der Waals surface area contributed by atoms with E-state index < -0.39 is 6.04 Å². The molecule has 1 atom stereocenters. The van der Waals surface area contributed by atoms with Gasteiger partial charge in [0.1, 0.15) is 19.2 Å². The zero-order valence-electron chi connectivity index (χ0n) is 34.6. The molecule has 328 valence electrons. The van der Waals surface area contributed by atoms with E-state index in [0.29, 0.717) is 141 Å². The Morgan fingerprint density at radius 2 is 1.47 bits per heavy atom. The maximum atomic E-state index is 13.8. The lowest BCUT2D eigenvalue weighted by molar-refractivity contribution is -0.137. The van der Waals surface area contributed by atoms with Gasteiger partial charge in [0.2, 0.25) is 29.7 Å². The van der Waals surface area contributed by atoms with Gasteiger partial charge < -0.3 is 55.7 Å². The zero-order chi connectivity index (χ0) is 42.7. The molecule has 23 nitrogen and oxygen atoms in total. The molecule has 23 heteroatoms. The molecule has 0 spiro atoms. The van der Waals surface area contributed by atoms with Gasteiger partial charge in [-0.05, 0) is 18.8 Å². The number of anilines is 3. The van der Waals surface area contributed by atoms with Gasteiger partial charge in [0.05, 0.1) is 44.4 Å². The highest BCUT2D eigenvalue weighted by Crippen LogP contribution is 2.24. The molecule has 3 aromatic rings. The van der Waals surface area contributed by atoms with Crippen molar-refractivity contribution in [2.24, 2.45) is 22.4 Å². The molecule has 3 aromatic heterocycles. The normalized spacial score (nSPS) is 15.0. The van der Waals surface area contributed by atoms with Crippen molar-refractivity contribution >= 4 is 35.6 Å². The summed E-state index contributed by atoms with van der Waals surface area (Å²) in [5.41, 5.74) is 12.2. The van der Waals surface area contributed by atoms with Crippen LogP contribution in [0.3, 0.4) is 0 Å². The molecule has 0 unspecified atom stereocenters. The summed E-state index contributed by atoms with van der Waals surface area (Å²) >= 11 is 0. The number of piperazine rings is 2. The number of aliphatic imine (C=N–C) groups is 1. The molecule has 2 aliphatic heterocycles. The highest BCUT2D eigenvalue weighted by molar-refractivity contribution is 5.81. The van der Waals surface area contributed by atoms with Crippen LogP contribution in [0.25, 0.3) is 0 Å². The minimum Gasteiger partial charge on any atom is -0.396 e. The van der Waals surface area contributed by atoms with E-state index in [1.807, 2.05) is 28.5 Å². The van der Waals surface area contributed by atoms with Gasteiger partial charge in [-0.2, -0.15) is 15.0 Å². The number of nitrogens with one attached hydrogen (secondary N) is 1. The third kappa shape index (κ3) is 14.0. The zero-order valence-corrected chi connectivity index (χ0v) is 34.6. The summed E-state index contributed by atoms with van der Waals surface area (Å²) in [5, 5.41) is 29.2.